The number of anilines is 4. The van der Waals surface area contributed by atoms with Crippen LogP contribution in [0.15, 0.2) is 36.5 Å². The number of halogens is 2. The molecule has 0 amide bonds. The molecule has 0 radical (unpaired) electrons. The lowest BCUT2D eigenvalue weighted by Crippen LogP contribution is -2.26. The number of phenolic OH excluding ortho intramolecular Hbond substituents is 1. The first-order chi connectivity index (χ1) is 17.0. The van der Waals surface area contributed by atoms with Crippen molar-refractivity contribution in [2.45, 2.75) is 13.0 Å². The summed E-state index contributed by atoms with van der Waals surface area (Å²) in [5.41, 5.74) is 3.05. The molecule has 192 valence electrons. The van der Waals surface area contributed by atoms with Crippen molar-refractivity contribution in [3.05, 3.63) is 52.7 Å². The van der Waals surface area contributed by atoms with Crippen LogP contribution in [0, 0.1) is 0 Å². The van der Waals surface area contributed by atoms with E-state index >= 15 is 0 Å². The van der Waals surface area contributed by atoms with Gasteiger partial charge >= 0.3 is 10.5 Å². The molecule has 0 unspecified atom stereocenters. The van der Waals surface area contributed by atoms with E-state index in [4.69, 9.17) is 16.1 Å². The van der Waals surface area contributed by atoms with Crippen molar-refractivity contribution in [3.8, 4) is 17.2 Å². The first kappa shape index (κ1) is 26.2. The summed E-state index contributed by atoms with van der Waals surface area (Å²) in [6, 6.07) is 7.58. The molecule has 3 aromatic rings. The minimum Gasteiger partial charge on any atom is -0.506 e. The Balaban J connectivity index is 1.61. The van der Waals surface area contributed by atoms with E-state index in [0.29, 0.717) is 11.4 Å². The monoisotopic (exact) mass is 555 g/mol. The van der Waals surface area contributed by atoms with E-state index in [9.17, 15) is 17.4 Å². The Morgan fingerprint density at radius 2 is 1.94 bits per heavy atom. The number of phenols is 1. The smallest absolute Gasteiger partial charge is 0.488 e. The third-order valence-electron chi connectivity index (χ3n) is 5.19. The number of aromatic hydroxyl groups is 1. The van der Waals surface area contributed by atoms with E-state index in [1.54, 1.807) is 6.07 Å². The van der Waals surface area contributed by atoms with Gasteiger partial charge in [0.1, 0.15) is 22.3 Å². The summed E-state index contributed by atoms with van der Waals surface area (Å²) in [6.45, 7) is 5.36. The standard InChI is InChI=1S/C22H24ClFN5O5PS/c1-29-7-6-13-9-19(30)18(8-14(13)12-29)27-22-25-11-16(23)21(28-22)26-17-5-4-15(34-36(24,31)32)10-20(17)33-35(2)3/h4-5,8-11,30H,6-7,12H2,1-3H3,(H2,25,26,27,28). The summed E-state index contributed by atoms with van der Waals surface area (Å²) in [5.74, 6) is 0.451. The van der Waals surface area contributed by atoms with Crippen molar-refractivity contribution < 1.29 is 26.1 Å². The summed E-state index contributed by atoms with van der Waals surface area (Å²) in [6.07, 6.45) is 2.25. The zero-order chi connectivity index (χ0) is 26.0. The lowest BCUT2D eigenvalue weighted by atomic mass is 9.99. The van der Waals surface area contributed by atoms with Gasteiger partial charge in [-0.15, -0.1) is 0 Å². The van der Waals surface area contributed by atoms with Gasteiger partial charge in [0, 0.05) is 19.2 Å². The third-order valence-corrected chi connectivity index (χ3v) is 6.42. The lowest BCUT2D eigenvalue weighted by molar-refractivity contribution is 0.312. The van der Waals surface area contributed by atoms with Crippen molar-refractivity contribution in [1.82, 2.24) is 14.9 Å². The predicted octanol–water partition coefficient (Wildman–Crippen LogP) is 4.94. The Labute approximate surface area is 214 Å². The molecule has 2 heterocycles. The van der Waals surface area contributed by atoms with E-state index in [-0.39, 0.29) is 34.0 Å². The highest BCUT2D eigenvalue weighted by Crippen LogP contribution is 2.40. The fourth-order valence-corrected chi connectivity index (χ4v) is 4.66. The number of hydrogen-bond acceptors (Lipinski definition) is 10. The van der Waals surface area contributed by atoms with Crippen molar-refractivity contribution in [1.29, 1.82) is 0 Å². The molecule has 14 heteroatoms. The second-order valence-electron chi connectivity index (χ2n) is 8.30. The molecule has 0 saturated heterocycles. The van der Waals surface area contributed by atoms with Gasteiger partial charge in [-0.25, -0.2) is 4.98 Å². The molecule has 10 nitrogen and oxygen atoms in total. The number of hydrogen-bond donors (Lipinski definition) is 3. The molecule has 0 atom stereocenters. The van der Waals surface area contributed by atoms with Crippen molar-refractivity contribution in [2.24, 2.45) is 0 Å². The van der Waals surface area contributed by atoms with Crippen LogP contribution in [0.1, 0.15) is 11.1 Å². The van der Waals surface area contributed by atoms with Crippen LogP contribution in [0.25, 0.3) is 0 Å². The number of likely N-dealkylation sites (N-methyl/N-ethyl adjacent to an activating group) is 1. The van der Waals surface area contributed by atoms with Gasteiger partial charge < -0.3 is 29.3 Å². The fraction of sp³-hybridized carbons (Fsp3) is 0.273. The van der Waals surface area contributed by atoms with Gasteiger partial charge in [0.05, 0.1) is 25.7 Å². The van der Waals surface area contributed by atoms with E-state index in [1.165, 1.54) is 24.4 Å². The highest BCUT2D eigenvalue weighted by atomic mass is 35.5. The van der Waals surface area contributed by atoms with Crippen LogP contribution in [0.2, 0.25) is 5.02 Å². The molecule has 36 heavy (non-hydrogen) atoms. The van der Waals surface area contributed by atoms with Crippen molar-refractivity contribution >= 4 is 53.4 Å². The maximum atomic E-state index is 13.0. The van der Waals surface area contributed by atoms with Gasteiger partial charge in [-0.05, 0) is 62.2 Å². The summed E-state index contributed by atoms with van der Waals surface area (Å²) in [5, 5.41) is 16.8. The summed E-state index contributed by atoms with van der Waals surface area (Å²) < 4.78 is 44.8. The van der Waals surface area contributed by atoms with Crippen LogP contribution in [0.3, 0.4) is 0 Å². The van der Waals surface area contributed by atoms with Gasteiger partial charge in [0.25, 0.3) is 0 Å². The molecule has 0 fully saturated rings. The van der Waals surface area contributed by atoms with E-state index in [2.05, 4.69) is 29.7 Å². The maximum Gasteiger partial charge on any atom is 0.488 e. The molecule has 2 aromatic carbocycles. The molecule has 1 aliphatic rings. The first-order valence-corrected chi connectivity index (χ1v) is 14.5. The summed E-state index contributed by atoms with van der Waals surface area (Å²) >= 11 is 6.31. The predicted molar refractivity (Wildman–Crippen MR) is 138 cm³/mol. The van der Waals surface area contributed by atoms with Crippen molar-refractivity contribution in [3.63, 3.8) is 0 Å². The Morgan fingerprint density at radius 1 is 1.17 bits per heavy atom. The van der Waals surface area contributed by atoms with Crippen LogP contribution in [0.5, 0.6) is 17.2 Å². The van der Waals surface area contributed by atoms with E-state index in [1.807, 2.05) is 26.4 Å². The largest absolute Gasteiger partial charge is 0.506 e. The number of aromatic nitrogens is 2. The Kier molecular flexibility index (Phi) is 7.70. The second-order valence-corrected chi connectivity index (χ2v) is 11.5. The van der Waals surface area contributed by atoms with Gasteiger partial charge in [0.2, 0.25) is 5.95 Å². The number of nitrogens with one attached hydrogen (secondary N) is 2. The molecule has 0 aliphatic carbocycles. The van der Waals surface area contributed by atoms with Crippen molar-refractivity contribution in [2.75, 3.05) is 37.6 Å². The second kappa shape index (κ2) is 10.6. The minimum absolute atomic E-state index is 0.0831. The van der Waals surface area contributed by atoms with Crippen LogP contribution >= 0.6 is 19.7 Å². The zero-order valence-corrected chi connectivity index (χ0v) is 22.1. The zero-order valence-electron chi connectivity index (χ0n) is 19.6. The highest BCUT2D eigenvalue weighted by molar-refractivity contribution is 7.81. The fourth-order valence-electron chi connectivity index (χ4n) is 3.65. The first-order valence-electron chi connectivity index (χ1n) is 10.7. The SMILES string of the molecule is CN1CCc2cc(O)c(Nc3ncc(Cl)c(Nc4ccc(OS(=O)(=O)F)cc4OP(C)C)n3)cc2C1. The number of rotatable bonds is 8. The Bertz CT molecular complexity index is 1400. The third kappa shape index (κ3) is 6.64. The maximum absolute atomic E-state index is 13.0. The molecule has 1 aromatic heterocycles. The molecule has 0 bridgehead atoms. The average molecular weight is 556 g/mol. The van der Waals surface area contributed by atoms with Crippen LogP contribution in [0.4, 0.5) is 27.0 Å². The van der Waals surface area contributed by atoms with Gasteiger partial charge in [-0.2, -0.15) is 13.4 Å². The molecule has 4 rings (SSSR count). The van der Waals surface area contributed by atoms with E-state index < -0.39 is 18.7 Å². The van der Waals surface area contributed by atoms with Gasteiger partial charge in [0.15, 0.2) is 5.82 Å². The van der Waals surface area contributed by atoms with Crippen LogP contribution < -0.4 is 19.3 Å². The Hall–Kier alpha value is -2.92. The quantitative estimate of drug-likeness (QED) is 0.200. The van der Waals surface area contributed by atoms with Crippen LogP contribution in [-0.2, 0) is 23.5 Å². The molecular formula is C22H24ClFN5O5PS. The number of benzene rings is 2. The average Bonchev–Trinajstić information content (AvgIpc) is 2.77. The van der Waals surface area contributed by atoms with Gasteiger partial charge in [-0.1, -0.05) is 15.5 Å². The molecule has 0 saturated carbocycles. The minimum atomic E-state index is -5.19. The highest BCUT2D eigenvalue weighted by Gasteiger charge is 2.18. The topological polar surface area (TPSA) is 126 Å². The molecule has 1 aliphatic heterocycles. The normalized spacial score (nSPS) is 13.8. The molecule has 0 spiro atoms. The van der Waals surface area contributed by atoms with Crippen LogP contribution in [-0.4, -0.2) is 55.3 Å². The molecular weight excluding hydrogens is 532 g/mol. The summed E-state index contributed by atoms with van der Waals surface area (Å²) in [4.78, 5) is 10.8. The van der Waals surface area contributed by atoms with E-state index in [0.717, 1.165) is 30.6 Å². The lowest BCUT2D eigenvalue weighted by Gasteiger charge is -2.25. The summed E-state index contributed by atoms with van der Waals surface area (Å²) in [7, 11) is -4.07. The molecule has 3 N–H and O–H groups in total. The Morgan fingerprint density at radius 3 is 2.67 bits per heavy atom. The van der Waals surface area contributed by atoms with Gasteiger partial charge in [-0.3, -0.25) is 0 Å². The number of nitrogens with zero attached hydrogens (tertiary/aromatic N) is 3. The number of fused-ring (bicyclic) bond motifs is 1.